The quantitative estimate of drug-likeness (QED) is 0.883. The van der Waals surface area contributed by atoms with Crippen LogP contribution < -0.4 is 10.6 Å². The predicted molar refractivity (Wildman–Crippen MR) is 89.1 cm³/mol. The van der Waals surface area contributed by atoms with Crippen molar-refractivity contribution in [2.45, 2.75) is 11.8 Å². The van der Waals surface area contributed by atoms with E-state index in [1.165, 1.54) is 6.26 Å². The van der Waals surface area contributed by atoms with Gasteiger partial charge >= 0.3 is 0 Å². The average molecular weight is 347 g/mol. The van der Waals surface area contributed by atoms with E-state index in [1.54, 1.807) is 23.1 Å². The molecular formula is C12H18N4O2S3. The highest BCUT2D eigenvalue weighted by molar-refractivity contribution is 8.01. The summed E-state index contributed by atoms with van der Waals surface area (Å²) in [6.45, 7) is 1.22. The van der Waals surface area contributed by atoms with Gasteiger partial charge in [0.15, 0.2) is 20.6 Å². The molecule has 2 aromatic heterocycles. The predicted octanol–water partition coefficient (Wildman–Crippen LogP) is 0.821. The van der Waals surface area contributed by atoms with Crippen LogP contribution >= 0.6 is 23.1 Å². The van der Waals surface area contributed by atoms with E-state index in [0.29, 0.717) is 25.3 Å². The van der Waals surface area contributed by atoms with Gasteiger partial charge in [-0.15, -0.1) is 11.3 Å². The average Bonchev–Trinajstić information content (AvgIpc) is 3.01. The topological polar surface area (TPSA) is 80.7 Å². The summed E-state index contributed by atoms with van der Waals surface area (Å²) in [6.07, 6.45) is 3.96. The lowest BCUT2D eigenvalue weighted by atomic mass is 10.3. The maximum atomic E-state index is 12.1. The van der Waals surface area contributed by atoms with Crippen molar-refractivity contribution in [1.29, 1.82) is 0 Å². The molecule has 0 aliphatic carbocycles. The van der Waals surface area contributed by atoms with Crippen molar-refractivity contribution in [3.63, 3.8) is 0 Å². The Labute approximate surface area is 132 Å². The Kier molecular flexibility index (Phi) is 4.17. The maximum Gasteiger partial charge on any atom is 0.195 e. The minimum atomic E-state index is -3.15. The van der Waals surface area contributed by atoms with Crippen LogP contribution in [0.3, 0.4) is 0 Å². The number of thioether (sulfide) groups is 1. The molecule has 116 valence electrons. The van der Waals surface area contributed by atoms with Crippen LogP contribution in [0.4, 0.5) is 5.82 Å². The number of nitrogens with two attached hydrogens (primary N) is 1. The van der Waals surface area contributed by atoms with Gasteiger partial charge in [-0.2, -0.15) is 11.8 Å². The molecule has 0 radical (unpaired) electrons. The molecule has 1 unspecified atom stereocenters. The molecule has 0 bridgehead atoms. The molecule has 1 fully saturated rings. The molecule has 2 aromatic rings. The van der Waals surface area contributed by atoms with E-state index in [9.17, 15) is 8.42 Å². The van der Waals surface area contributed by atoms with Crippen molar-refractivity contribution < 1.29 is 8.42 Å². The Balaban J connectivity index is 2.08. The maximum absolute atomic E-state index is 12.1. The summed E-state index contributed by atoms with van der Waals surface area (Å²) in [5.41, 5.74) is 6.73. The van der Waals surface area contributed by atoms with E-state index in [-0.39, 0.29) is 0 Å². The first kappa shape index (κ1) is 15.1. The summed E-state index contributed by atoms with van der Waals surface area (Å²) in [6, 6.07) is 0. The molecular weight excluding hydrogens is 328 g/mol. The number of nitrogens with zero attached hydrogens (tertiary/aromatic N) is 3. The van der Waals surface area contributed by atoms with E-state index in [2.05, 4.69) is 4.98 Å². The van der Waals surface area contributed by atoms with Gasteiger partial charge < -0.3 is 10.6 Å². The molecule has 2 N–H and O–H groups in total. The Morgan fingerprint density at radius 3 is 3.05 bits per heavy atom. The van der Waals surface area contributed by atoms with Crippen molar-refractivity contribution in [3.05, 3.63) is 17.3 Å². The SMILES string of the molecule is CS(=O)(=O)C1CSCCN1c1nc2sccn2c1CCN. The second-order valence-electron chi connectivity index (χ2n) is 5.03. The third-order valence-corrected chi connectivity index (χ3v) is 6.97. The monoisotopic (exact) mass is 346 g/mol. The molecule has 9 heteroatoms. The lowest BCUT2D eigenvalue weighted by molar-refractivity contribution is 0.583. The number of fused-ring (bicyclic) bond motifs is 1. The Morgan fingerprint density at radius 1 is 1.52 bits per heavy atom. The molecule has 0 spiro atoms. The number of hydrogen-bond donors (Lipinski definition) is 1. The highest BCUT2D eigenvalue weighted by Crippen LogP contribution is 2.31. The van der Waals surface area contributed by atoms with Crippen molar-refractivity contribution >= 4 is 43.7 Å². The van der Waals surface area contributed by atoms with Crippen molar-refractivity contribution in [2.24, 2.45) is 5.73 Å². The summed E-state index contributed by atoms with van der Waals surface area (Å²) in [4.78, 5) is 7.49. The van der Waals surface area contributed by atoms with Crippen LogP contribution in [-0.2, 0) is 16.3 Å². The third kappa shape index (κ3) is 2.79. The minimum Gasteiger partial charge on any atom is -0.337 e. The molecule has 0 amide bonds. The first-order chi connectivity index (χ1) is 10.0. The number of thiazole rings is 1. The largest absolute Gasteiger partial charge is 0.337 e. The first-order valence-electron chi connectivity index (χ1n) is 6.70. The molecule has 3 rings (SSSR count). The van der Waals surface area contributed by atoms with Gasteiger partial charge in [0.25, 0.3) is 0 Å². The summed E-state index contributed by atoms with van der Waals surface area (Å²) < 4.78 is 26.2. The second kappa shape index (κ2) is 5.79. The van der Waals surface area contributed by atoms with Crippen LogP contribution in [0, 0.1) is 0 Å². The molecule has 1 saturated heterocycles. The highest BCUT2D eigenvalue weighted by atomic mass is 32.2. The summed E-state index contributed by atoms with van der Waals surface area (Å²) in [7, 11) is -3.15. The Hall–Kier alpha value is -0.770. The lowest BCUT2D eigenvalue weighted by Crippen LogP contribution is -2.47. The molecule has 3 heterocycles. The third-order valence-electron chi connectivity index (χ3n) is 3.57. The molecule has 6 nitrogen and oxygen atoms in total. The number of sulfone groups is 1. The van der Waals surface area contributed by atoms with E-state index in [1.807, 2.05) is 20.9 Å². The van der Waals surface area contributed by atoms with Gasteiger partial charge in [-0.25, -0.2) is 13.4 Å². The fraction of sp³-hybridized carbons (Fsp3) is 0.583. The highest BCUT2D eigenvalue weighted by Gasteiger charge is 2.34. The normalized spacial score (nSPS) is 20.3. The number of rotatable bonds is 4. The van der Waals surface area contributed by atoms with Crippen LogP contribution in [0.1, 0.15) is 5.69 Å². The van der Waals surface area contributed by atoms with E-state index in [4.69, 9.17) is 5.73 Å². The Bertz CT molecular complexity index is 737. The van der Waals surface area contributed by atoms with Gasteiger partial charge in [0.05, 0.1) is 5.69 Å². The minimum absolute atomic E-state index is 0.502. The van der Waals surface area contributed by atoms with Crippen LogP contribution in [0.15, 0.2) is 11.6 Å². The van der Waals surface area contributed by atoms with E-state index in [0.717, 1.165) is 22.2 Å². The van der Waals surface area contributed by atoms with Crippen LogP contribution in [0.2, 0.25) is 0 Å². The van der Waals surface area contributed by atoms with Crippen LogP contribution in [0.5, 0.6) is 0 Å². The van der Waals surface area contributed by atoms with Gasteiger partial charge in [-0.05, 0) is 6.54 Å². The fourth-order valence-corrected chi connectivity index (χ4v) is 6.15. The van der Waals surface area contributed by atoms with E-state index < -0.39 is 15.2 Å². The Morgan fingerprint density at radius 2 is 2.33 bits per heavy atom. The molecule has 1 atom stereocenters. The smallest absolute Gasteiger partial charge is 0.195 e. The first-order valence-corrected chi connectivity index (χ1v) is 10.7. The molecule has 0 aromatic carbocycles. The van der Waals surface area contributed by atoms with Crippen molar-refractivity contribution in [3.8, 4) is 0 Å². The molecule has 0 saturated carbocycles. The number of hydrogen-bond acceptors (Lipinski definition) is 7. The van der Waals surface area contributed by atoms with Crippen molar-refractivity contribution in [1.82, 2.24) is 9.38 Å². The zero-order valence-electron chi connectivity index (χ0n) is 11.7. The van der Waals surface area contributed by atoms with Crippen LogP contribution in [-0.4, -0.2) is 54.0 Å². The molecule has 1 aliphatic rings. The molecule has 1 aliphatic heterocycles. The van der Waals surface area contributed by atoms with Gasteiger partial charge in [0.1, 0.15) is 5.37 Å². The van der Waals surface area contributed by atoms with Gasteiger partial charge in [-0.3, -0.25) is 4.40 Å². The number of imidazole rings is 1. The second-order valence-corrected chi connectivity index (χ2v) is 9.25. The number of anilines is 1. The van der Waals surface area contributed by atoms with Crippen molar-refractivity contribution in [2.75, 3.05) is 35.8 Å². The van der Waals surface area contributed by atoms with Crippen LogP contribution in [0.25, 0.3) is 4.96 Å². The summed E-state index contributed by atoms with van der Waals surface area (Å²) >= 11 is 3.23. The summed E-state index contributed by atoms with van der Waals surface area (Å²) in [5, 5.41) is 1.48. The van der Waals surface area contributed by atoms with Gasteiger partial charge in [-0.1, -0.05) is 0 Å². The number of aromatic nitrogens is 2. The summed E-state index contributed by atoms with van der Waals surface area (Å²) in [5.74, 6) is 2.29. The zero-order valence-corrected chi connectivity index (χ0v) is 14.2. The van der Waals surface area contributed by atoms with Gasteiger partial charge in [0, 0.05) is 42.3 Å². The molecule has 21 heavy (non-hydrogen) atoms. The standard InChI is InChI=1S/C12H18N4O2S3/c1-21(17,18)10-8-19-6-4-16(10)11-9(2-3-13)15-5-7-20-12(15)14-11/h5,7,10H,2-4,6,8,13H2,1H3. The fourth-order valence-electron chi connectivity index (χ4n) is 2.60. The zero-order chi connectivity index (χ0) is 15.0. The van der Waals surface area contributed by atoms with Gasteiger partial charge in [0.2, 0.25) is 0 Å². The van der Waals surface area contributed by atoms with E-state index >= 15 is 0 Å². The lowest BCUT2D eigenvalue weighted by Gasteiger charge is -2.34.